The predicted molar refractivity (Wildman–Crippen MR) is 145 cm³/mol. The molecule has 0 bridgehead atoms. The second-order valence-corrected chi connectivity index (χ2v) is 11.2. The van der Waals surface area contributed by atoms with E-state index >= 15 is 0 Å². The molecule has 0 aliphatic heterocycles. The Kier molecular flexibility index (Phi) is 6.71. The van der Waals surface area contributed by atoms with Gasteiger partial charge in [-0.1, -0.05) is 24.3 Å². The largest absolute Gasteiger partial charge is 0.493 e. The van der Waals surface area contributed by atoms with Crippen molar-refractivity contribution >= 4 is 11.8 Å². The minimum atomic E-state index is -0.739. The number of nitrogens with zero attached hydrogens (tertiary/aromatic N) is 1. The molecule has 1 fully saturated rings. The second-order valence-electron chi connectivity index (χ2n) is 11.2. The topological polar surface area (TPSA) is 91.7 Å². The number of aryl methyl sites for hydroxylation is 2. The smallest absolute Gasteiger partial charge is 0.307 e. The van der Waals surface area contributed by atoms with E-state index in [1.54, 1.807) is 13.8 Å². The minimum Gasteiger partial charge on any atom is -0.493 e. The van der Waals surface area contributed by atoms with Crippen LogP contribution >= 0.6 is 0 Å². The van der Waals surface area contributed by atoms with Crippen molar-refractivity contribution in [2.24, 2.45) is 5.92 Å². The maximum Gasteiger partial charge on any atom is 0.307 e. The third-order valence-electron chi connectivity index (χ3n) is 7.67. The first-order valence-corrected chi connectivity index (χ1v) is 13.1. The summed E-state index contributed by atoms with van der Waals surface area (Å²) in [4.78, 5) is 15.8. The number of nitrogens with one attached hydrogen (secondary N) is 1. The summed E-state index contributed by atoms with van der Waals surface area (Å²) in [6.07, 6.45) is 5.09. The third kappa shape index (κ3) is 5.49. The molecule has 3 N–H and O–H groups in total. The van der Waals surface area contributed by atoms with E-state index in [0.717, 1.165) is 30.0 Å². The number of carbonyl (C=O) groups is 1. The van der Waals surface area contributed by atoms with Gasteiger partial charge in [0.25, 0.3) is 0 Å². The molecule has 6 nitrogen and oxygen atoms in total. The van der Waals surface area contributed by atoms with E-state index in [9.17, 15) is 15.0 Å². The molecule has 5 rings (SSSR count). The Balaban J connectivity index is 1.32. The molecule has 0 amide bonds. The highest BCUT2D eigenvalue weighted by Crippen LogP contribution is 2.47. The number of aliphatic hydroxyl groups is 1. The van der Waals surface area contributed by atoms with Gasteiger partial charge in [0.05, 0.1) is 24.2 Å². The third-order valence-corrected chi connectivity index (χ3v) is 7.67. The zero-order valence-electron chi connectivity index (χ0n) is 22.0. The van der Waals surface area contributed by atoms with Gasteiger partial charge in [-0.05, 0) is 110 Å². The number of aromatic nitrogens is 1. The van der Waals surface area contributed by atoms with Crippen molar-refractivity contribution in [2.75, 3.05) is 11.9 Å². The van der Waals surface area contributed by atoms with Gasteiger partial charge in [-0.3, -0.25) is 4.79 Å². The number of hydrogen-bond donors (Lipinski definition) is 3. The Bertz CT molecular complexity index is 1290. The summed E-state index contributed by atoms with van der Waals surface area (Å²) in [7, 11) is 0. The van der Waals surface area contributed by atoms with E-state index in [1.807, 2.05) is 18.3 Å². The van der Waals surface area contributed by atoms with Crippen molar-refractivity contribution in [2.45, 2.75) is 70.9 Å². The minimum absolute atomic E-state index is 0.0959. The maximum atomic E-state index is 11.2. The fourth-order valence-electron chi connectivity index (χ4n) is 5.61. The Hall–Kier alpha value is -3.38. The molecule has 0 radical (unpaired) electrons. The molecule has 1 heterocycles. The highest BCUT2D eigenvalue weighted by Gasteiger charge is 2.44. The summed E-state index contributed by atoms with van der Waals surface area (Å²) in [6, 6.07) is 14.9. The summed E-state index contributed by atoms with van der Waals surface area (Å²) in [5.41, 5.74) is 7.84. The number of hydrogen-bond acceptors (Lipinski definition) is 5. The fourth-order valence-corrected chi connectivity index (χ4v) is 5.61. The number of ether oxygens (including phenoxy) is 1. The van der Waals surface area contributed by atoms with Crippen LogP contribution in [0.25, 0.3) is 11.1 Å². The molecule has 3 atom stereocenters. The number of carboxylic acids is 1. The lowest BCUT2D eigenvalue weighted by molar-refractivity contribution is -0.138. The molecule has 1 saturated carbocycles. The zero-order chi connectivity index (χ0) is 26.3. The van der Waals surface area contributed by atoms with E-state index in [-0.39, 0.29) is 17.9 Å². The highest BCUT2D eigenvalue weighted by atomic mass is 16.5. The monoisotopic (exact) mass is 500 g/mol. The highest BCUT2D eigenvalue weighted by molar-refractivity contribution is 5.77. The van der Waals surface area contributed by atoms with Gasteiger partial charge in [0.1, 0.15) is 11.6 Å². The lowest BCUT2D eigenvalue weighted by Gasteiger charge is -2.20. The summed E-state index contributed by atoms with van der Waals surface area (Å²) in [6.45, 7) is 8.34. The summed E-state index contributed by atoms with van der Waals surface area (Å²) in [5, 5.41) is 22.7. The maximum absolute atomic E-state index is 11.2. The molecule has 37 heavy (non-hydrogen) atoms. The van der Waals surface area contributed by atoms with Crippen LogP contribution in [0.1, 0.15) is 72.9 Å². The van der Waals surface area contributed by atoms with E-state index in [1.165, 1.54) is 33.4 Å². The first-order valence-electron chi connectivity index (χ1n) is 13.1. The Morgan fingerprint density at radius 3 is 2.54 bits per heavy atom. The molecule has 1 aromatic heterocycles. The van der Waals surface area contributed by atoms with Crippen molar-refractivity contribution in [1.82, 2.24) is 4.98 Å². The molecule has 194 valence electrons. The van der Waals surface area contributed by atoms with Gasteiger partial charge in [-0.15, -0.1) is 0 Å². The number of pyridine rings is 1. The SMILES string of the molecule is Cc1cc(OCCC(C)(C)O)cc(C)c1-c1cccc2c1CC[C@H]2Nc1ccc([C@@H]2C[C@H]2C(=O)O)cn1. The van der Waals surface area contributed by atoms with E-state index in [4.69, 9.17) is 4.74 Å². The molecule has 0 saturated heterocycles. The number of fused-ring (bicyclic) bond motifs is 1. The van der Waals surface area contributed by atoms with Gasteiger partial charge in [0.15, 0.2) is 0 Å². The van der Waals surface area contributed by atoms with Crippen molar-refractivity contribution in [3.8, 4) is 16.9 Å². The molecule has 2 aliphatic rings. The number of anilines is 1. The fraction of sp³-hybridized carbons (Fsp3) is 0.419. The normalized spacial score (nSPS) is 20.4. The van der Waals surface area contributed by atoms with Gasteiger partial charge < -0.3 is 20.3 Å². The van der Waals surface area contributed by atoms with Crippen LogP contribution in [0.5, 0.6) is 5.75 Å². The van der Waals surface area contributed by atoms with E-state index in [0.29, 0.717) is 19.4 Å². The van der Waals surface area contributed by atoms with E-state index < -0.39 is 11.6 Å². The van der Waals surface area contributed by atoms with Crippen LogP contribution in [0.3, 0.4) is 0 Å². The number of benzene rings is 2. The Labute approximate surface area is 218 Å². The molecule has 0 spiro atoms. The quantitative estimate of drug-likeness (QED) is 0.324. The van der Waals surface area contributed by atoms with Crippen molar-refractivity contribution in [3.63, 3.8) is 0 Å². The van der Waals surface area contributed by atoms with Gasteiger partial charge >= 0.3 is 5.97 Å². The standard InChI is InChI=1S/C31H36N2O4/c1-18-14-21(37-13-12-31(3,4)36)15-19(2)29(18)24-7-5-6-23-22(24)9-10-27(23)33-28-11-8-20(17-32-28)25-16-26(25)30(34)35/h5-8,11,14-15,17,25-27,36H,9-10,12-13,16H2,1-4H3,(H,32,33)(H,34,35)/t25-,26+,27+/m0/s1. The van der Waals surface area contributed by atoms with Crippen LogP contribution in [0.2, 0.25) is 0 Å². The van der Waals surface area contributed by atoms with Crippen LogP contribution in [0.15, 0.2) is 48.7 Å². The first kappa shape index (κ1) is 25.3. The lowest BCUT2D eigenvalue weighted by atomic mass is 9.90. The van der Waals surface area contributed by atoms with Crippen molar-refractivity contribution in [3.05, 3.63) is 76.5 Å². The van der Waals surface area contributed by atoms with Gasteiger partial charge in [-0.25, -0.2) is 4.98 Å². The van der Waals surface area contributed by atoms with Crippen LogP contribution in [-0.2, 0) is 11.2 Å². The predicted octanol–water partition coefficient (Wildman–Crippen LogP) is 6.19. The van der Waals surface area contributed by atoms with Gasteiger partial charge in [0.2, 0.25) is 0 Å². The number of rotatable bonds is 9. The van der Waals surface area contributed by atoms with Gasteiger partial charge in [0, 0.05) is 12.6 Å². The molecule has 2 aliphatic carbocycles. The summed E-state index contributed by atoms with van der Waals surface area (Å²) < 4.78 is 5.95. The van der Waals surface area contributed by atoms with Crippen LogP contribution in [0, 0.1) is 19.8 Å². The van der Waals surface area contributed by atoms with Crippen molar-refractivity contribution in [1.29, 1.82) is 0 Å². The van der Waals surface area contributed by atoms with Crippen LogP contribution < -0.4 is 10.1 Å². The van der Waals surface area contributed by atoms with Crippen LogP contribution in [-0.4, -0.2) is 33.4 Å². The Morgan fingerprint density at radius 2 is 1.92 bits per heavy atom. The van der Waals surface area contributed by atoms with Crippen molar-refractivity contribution < 1.29 is 19.7 Å². The molecule has 0 unspecified atom stereocenters. The molecular formula is C31H36N2O4. The lowest BCUT2D eigenvalue weighted by Crippen LogP contribution is -2.21. The molecule has 2 aromatic carbocycles. The molecule has 6 heteroatoms. The Morgan fingerprint density at radius 1 is 1.16 bits per heavy atom. The average molecular weight is 501 g/mol. The van der Waals surface area contributed by atoms with Gasteiger partial charge in [-0.2, -0.15) is 0 Å². The summed E-state index contributed by atoms with van der Waals surface area (Å²) in [5.74, 6) is 0.772. The molecule has 3 aromatic rings. The number of aliphatic carboxylic acids is 1. The zero-order valence-corrected chi connectivity index (χ0v) is 22.0. The number of carboxylic acid groups (broad SMARTS) is 1. The van der Waals surface area contributed by atoms with Crippen LogP contribution in [0.4, 0.5) is 5.82 Å². The molecular weight excluding hydrogens is 464 g/mol. The average Bonchev–Trinajstić information content (AvgIpc) is 3.53. The first-order chi connectivity index (χ1) is 17.6. The summed E-state index contributed by atoms with van der Waals surface area (Å²) >= 11 is 0. The van der Waals surface area contributed by atoms with E-state index in [2.05, 4.69) is 54.5 Å². The second kappa shape index (κ2) is 9.82.